The Kier molecular flexibility index (Phi) is 14.9. The van der Waals surface area contributed by atoms with Gasteiger partial charge in [-0.2, -0.15) is 0 Å². The predicted octanol–water partition coefficient (Wildman–Crippen LogP) is 9.24. The third-order valence-corrected chi connectivity index (χ3v) is 8.13. The lowest BCUT2D eigenvalue weighted by Crippen LogP contribution is -2.36. The summed E-state index contributed by atoms with van der Waals surface area (Å²) < 4.78 is 14.8. The highest BCUT2D eigenvalue weighted by atomic mass is 35.5. The van der Waals surface area contributed by atoms with Crippen LogP contribution in [0.25, 0.3) is 0 Å². The van der Waals surface area contributed by atoms with Crippen LogP contribution >= 0.6 is 20.2 Å². The largest absolute Gasteiger partial charge is 0.322 e. The van der Waals surface area contributed by atoms with E-state index in [1.54, 1.807) is 6.07 Å². The summed E-state index contributed by atoms with van der Waals surface area (Å²) >= 11 is 6.35. The van der Waals surface area contributed by atoms with Gasteiger partial charge in [0.2, 0.25) is 0 Å². The van der Waals surface area contributed by atoms with E-state index in [1.165, 1.54) is 12.5 Å². The summed E-state index contributed by atoms with van der Waals surface area (Å²) in [6.45, 7) is 21.0. The predicted molar refractivity (Wildman–Crippen MR) is 177 cm³/mol. The van der Waals surface area contributed by atoms with Crippen LogP contribution in [0.3, 0.4) is 0 Å². The number of benzene rings is 2. The fraction of sp³-hybridized carbons (Fsp3) is 0.455. The first kappa shape index (κ1) is 34.8. The van der Waals surface area contributed by atoms with Crippen molar-refractivity contribution >= 4 is 38.0 Å². The first-order valence-corrected chi connectivity index (χ1v) is 16.2. The maximum atomic E-state index is 14.8. The Bertz CT molecular complexity index is 1220. The van der Waals surface area contributed by atoms with E-state index >= 15 is 0 Å². The van der Waals surface area contributed by atoms with E-state index in [0.29, 0.717) is 26.4 Å². The number of halogens is 2. The van der Waals surface area contributed by atoms with Crippen molar-refractivity contribution in [3.63, 3.8) is 0 Å². The Morgan fingerprint density at radius 2 is 1.93 bits per heavy atom. The molecule has 0 spiro atoms. The fourth-order valence-electron chi connectivity index (χ4n) is 4.38. The van der Waals surface area contributed by atoms with Crippen LogP contribution in [-0.4, -0.2) is 35.9 Å². The van der Waals surface area contributed by atoms with Crippen molar-refractivity contribution < 1.29 is 9.18 Å². The van der Waals surface area contributed by atoms with Crippen molar-refractivity contribution in [3.05, 3.63) is 87.1 Å². The molecule has 2 heterocycles. The number of carbonyl (C=O) groups is 1. The number of carbonyl (C=O) groups excluding carboxylic acids is 1. The first-order chi connectivity index (χ1) is 19.7. The van der Waals surface area contributed by atoms with E-state index in [-0.39, 0.29) is 22.4 Å². The van der Waals surface area contributed by atoms with Gasteiger partial charge in [0.15, 0.2) is 0 Å². The van der Waals surface area contributed by atoms with E-state index < -0.39 is 11.7 Å². The molecular formula is C33H47ClFN4OP. The minimum absolute atomic E-state index is 0.0305. The van der Waals surface area contributed by atoms with Gasteiger partial charge in [0.05, 0.1) is 11.5 Å². The monoisotopic (exact) mass is 600 g/mol. The lowest BCUT2D eigenvalue weighted by Gasteiger charge is -2.31. The van der Waals surface area contributed by atoms with Crippen molar-refractivity contribution in [1.82, 2.24) is 10.2 Å². The van der Waals surface area contributed by atoms with Crippen LogP contribution in [-0.2, 0) is 6.54 Å². The van der Waals surface area contributed by atoms with Gasteiger partial charge in [0, 0.05) is 40.6 Å². The molecule has 5 nitrogen and oxygen atoms in total. The molecule has 2 aromatic rings. The second-order valence-electron chi connectivity index (χ2n) is 10.0. The molecule has 4 rings (SSSR count). The number of amides is 1. The summed E-state index contributed by atoms with van der Waals surface area (Å²) in [4.78, 5) is 19.6. The van der Waals surface area contributed by atoms with E-state index in [0.717, 1.165) is 48.1 Å². The molecule has 0 bridgehead atoms. The molecule has 1 saturated heterocycles. The Morgan fingerprint density at radius 3 is 2.49 bits per heavy atom. The van der Waals surface area contributed by atoms with Crippen LogP contribution in [0.5, 0.6) is 0 Å². The van der Waals surface area contributed by atoms with Crippen molar-refractivity contribution in [3.8, 4) is 0 Å². The zero-order chi connectivity index (χ0) is 30.5. The number of nitrogens with one attached hydrogen (secondary N) is 2. The van der Waals surface area contributed by atoms with Crippen molar-refractivity contribution in [2.45, 2.75) is 86.1 Å². The average Bonchev–Trinajstić information content (AvgIpc) is 2.91. The molecule has 0 radical (unpaired) electrons. The summed E-state index contributed by atoms with van der Waals surface area (Å²) in [5.74, 6) is -0.733. The zero-order valence-corrected chi connectivity index (χ0v) is 27.5. The number of aliphatic imine (C=N–C) groups is 1. The number of hydrogen-bond donors (Lipinski definition) is 2. The summed E-state index contributed by atoms with van der Waals surface area (Å²) in [6, 6.07) is 8.64. The van der Waals surface area contributed by atoms with Gasteiger partial charge in [-0.3, -0.25) is 20.0 Å². The molecule has 224 valence electrons. The zero-order valence-electron chi connectivity index (χ0n) is 25.7. The van der Waals surface area contributed by atoms with E-state index in [9.17, 15) is 9.18 Å². The lowest BCUT2D eigenvalue weighted by atomic mass is 10.0. The molecule has 2 N–H and O–H groups in total. The van der Waals surface area contributed by atoms with Crippen LogP contribution in [0.15, 0.2) is 59.0 Å². The van der Waals surface area contributed by atoms with Crippen molar-refractivity contribution in [2.24, 2.45) is 4.99 Å². The van der Waals surface area contributed by atoms with Crippen LogP contribution < -0.4 is 10.6 Å². The average molecular weight is 601 g/mol. The molecule has 41 heavy (non-hydrogen) atoms. The molecule has 1 fully saturated rings. The SMILES string of the molecule is C=C1PC(NC(C)c2cc(NC(=O)c3cc(F)c(CN4CCC4)c(Cl)c3)ccc2C)C=N/C1=C/CC.CC.CCC. The van der Waals surface area contributed by atoms with Gasteiger partial charge >= 0.3 is 0 Å². The van der Waals surface area contributed by atoms with Crippen LogP contribution in [0, 0.1) is 12.7 Å². The molecule has 0 aliphatic carbocycles. The minimum atomic E-state index is -0.449. The van der Waals surface area contributed by atoms with Crippen LogP contribution in [0.1, 0.15) is 93.9 Å². The van der Waals surface area contributed by atoms with Crippen molar-refractivity contribution in [2.75, 3.05) is 18.4 Å². The molecule has 3 atom stereocenters. The highest BCUT2D eigenvalue weighted by molar-refractivity contribution is 7.45. The number of aryl methyl sites for hydroxylation is 1. The summed E-state index contributed by atoms with van der Waals surface area (Å²) in [6.07, 6.45) is 7.36. The molecule has 2 aliphatic rings. The highest BCUT2D eigenvalue weighted by Crippen LogP contribution is 2.37. The number of rotatable bonds is 8. The second kappa shape index (κ2) is 17.6. The Labute approximate surface area is 253 Å². The van der Waals surface area contributed by atoms with Crippen molar-refractivity contribution in [1.29, 1.82) is 0 Å². The molecule has 2 aliphatic heterocycles. The maximum absolute atomic E-state index is 14.8. The maximum Gasteiger partial charge on any atom is 0.255 e. The first-order valence-electron chi connectivity index (χ1n) is 14.7. The Balaban J connectivity index is 0.00000110. The summed E-state index contributed by atoms with van der Waals surface area (Å²) in [5, 5.41) is 7.86. The molecule has 1 amide bonds. The fourth-order valence-corrected chi connectivity index (χ4v) is 5.82. The normalized spacial score (nSPS) is 18.6. The van der Waals surface area contributed by atoms with E-state index in [1.807, 2.05) is 45.2 Å². The molecule has 2 aromatic carbocycles. The third kappa shape index (κ3) is 10.1. The van der Waals surface area contributed by atoms with E-state index in [4.69, 9.17) is 11.6 Å². The highest BCUT2D eigenvalue weighted by Gasteiger charge is 2.21. The van der Waals surface area contributed by atoms with Gasteiger partial charge in [0.1, 0.15) is 5.82 Å². The number of nitrogens with zero attached hydrogens (tertiary/aromatic N) is 2. The number of allylic oxidation sites excluding steroid dienone is 2. The number of likely N-dealkylation sites (tertiary alicyclic amines) is 1. The summed E-state index contributed by atoms with van der Waals surface area (Å²) in [7, 11) is 0.520. The van der Waals surface area contributed by atoms with Crippen LogP contribution in [0.2, 0.25) is 5.02 Å². The Morgan fingerprint density at radius 1 is 1.24 bits per heavy atom. The van der Waals surface area contributed by atoms with Gasteiger partial charge in [-0.1, -0.05) is 79.9 Å². The molecule has 8 heteroatoms. The molecular weight excluding hydrogens is 554 g/mol. The smallest absolute Gasteiger partial charge is 0.255 e. The van der Waals surface area contributed by atoms with Gasteiger partial charge in [0.25, 0.3) is 5.91 Å². The molecule has 0 saturated carbocycles. The van der Waals surface area contributed by atoms with Gasteiger partial charge in [-0.15, -0.1) is 0 Å². The Hall–Kier alpha value is -2.37. The van der Waals surface area contributed by atoms with Gasteiger partial charge < -0.3 is 5.32 Å². The molecule has 3 unspecified atom stereocenters. The summed E-state index contributed by atoms with van der Waals surface area (Å²) in [5.41, 5.74) is 4.45. The lowest BCUT2D eigenvalue weighted by molar-refractivity contribution is 0.102. The minimum Gasteiger partial charge on any atom is -0.322 e. The second-order valence-corrected chi connectivity index (χ2v) is 12.0. The number of hydrogen-bond acceptors (Lipinski definition) is 4. The topological polar surface area (TPSA) is 56.7 Å². The third-order valence-electron chi connectivity index (χ3n) is 6.57. The van der Waals surface area contributed by atoms with Crippen LogP contribution in [0.4, 0.5) is 10.1 Å². The number of anilines is 1. The van der Waals surface area contributed by atoms with Gasteiger partial charge in [-0.05, 0) is 80.5 Å². The quantitative estimate of drug-likeness (QED) is 0.297. The molecule has 0 aromatic heterocycles. The van der Waals surface area contributed by atoms with Gasteiger partial charge in [-0.25, -0.2) is 4.39 Å². The standard InChI is InChI=1S/C28H33ClFN4OP.C3H8.C2H6/c1-5-7-26-19(4)36-27(15-31-26)32-18(3)22-14-21(9-8-17(22)2)33-28(35)20-12-24(29)23(25(30)13-20)16-34-10-6-11-34;1-3-2;1-2/h7-9,12-15,18,27,32,36H,4-6,10-11,16H2,1-3H3,(H,33,35);3H2,1-2H3;1-2H3/b26-7+;;. The van der Waals surface area contributed by atoms with E-state index in [2.05, 4.69) is 60.9 Å².